The number of aryl methyl sites for hydroxylation is 1. The molecular weight excluding hydrogens is 420 g/mol. The number of H-pyrrole nitrogens is 1. The molecule has 1 aliphatic heterocycles. The monoisotopic (exact) mass is 440 g/mol. The van der Waals surface area contributed by atoms with Crippen molar-refractivity contribution in [2.45, 2.75) is 13.0 Å². The van der Waals surface area contributed by atoms with Crippen LogP contribution in [0, 0.1) is 6.92 Å². The molecule has 164 valence electrons. The van der Waals surface area contributed by atoms with Crippen molar-refractivity contribution in [3.05, 3.63) is 89.3 Å². The molecule has 2 N–H and O–H groups in total. The molecule has 1 saturated heterocycles. The van der Waals surface area contributed by atoms with Gasteiger partial charge in [0.1, 0.15) is 11.5 Å². The number of amides is 1. The number of aliphatic hydroxyl groups excluding tert-OH is 1. The molecule has 3 heterocycles. The third-order valence-electron chi connectivity index (χ3n) is 5.72. The predicted molar refractivity (Wildman–Crippen MR) is 123 cm³/mol. The van der Waals surface area contributed by atoms with Gasteiger partial charge >= 0.3 is 5.91 Å². The second-order valence-corrected chi connectivity index (χ2v) is 7.72. The number of nitrogens with zero attached hydrogens (tertiary/aromatic N) is 3. The van der Waals surface area contributed by atoms with E-state index >= 15 is 0 Å². The fraction of sp³-hybridized carbons (Fsp3) is 0.120. The lowest BCUT2D eigenvalue weighted by Crippen LogP contribution is -2.30. The second-order valence-electron chi connectivity index (χ2n) is 7.72. The van der Waals surface area contributed by atoms with E-state index in [9.17, 15) is 14.7 Å². The van der Waals surface area contributed by atoms with Crippen LogP contribution in [0.1, 0.15) is 22.7 Å². The highest BCUT2D eigenvalue weighted by Gasteiger charge is 2.48. The van der Waals surface area contributed by atoms with Gasteiger partial charge in [-0.15, -0.1) is 0 Å². The molecule has 2 aromatic carbocycles. The molecule has 4 aromatic rings. The van der Waals surface area contributed by atoms with Crippen LogP contribution >= 0.6 is 0 Å². The summed E-state index contributed by atoms with van der Waals surface area (Å²) in [5, 5.41) is 11.2. The van der Waals surface area contributed by atoms with Gasteiger partial charge in [-0.25, -0.2) is 4.98 Å². The molecule has 0 radical (unpaired) electrons. The molecule has 33 heavy (non-hydrogen) atoms. The summed E-state index contributed by atoms with van der Waals surface area (Å²) in [6.07, 6.45) is 3.17. The number of para-hydroxylation sites is 2. The van der Waals surface area contributed by atoms with Crippen molar-refractivity contribution in [2.24, 2.45) is 0 Å². The van der Waals surface area contributed by atoms with Gasteiger partial charge in [0.15, 0.2) is 0 Å². The maximum absolute atomic E-state index is 13.2. The number of hydrogen-bond donors (Lipinski definition) is 2. The molecule has 2 aromatic heterocycles. The number of carbonyl (C=O) groups excluding carboxylic acids is 2. The lowest BCUT2D eigenvalue weighted by Gasteiger charge is -2.22. The minimum Gasteiger partial charge on any atom is -0.507 e. The van der Waals surface area contributed by atoms with Gasteiger partial charge in [-0.05, 0) is 54.4 Å². The van der Waals surface area contributed by atoms with Crippen molar-refractivity contribution in [3.8, 4) is 5.75 Å². The van der Waals surface area contributed by atoms with Gasteiger partial charge in [0.05, 0.1) is 29.8 Å². The number of aromatic nitrogens is 3. The number of carbonyl (C=O) groups is 2. The van der Waals surface area contributed by atoms with Crippen molar-refractivity contribution in [3.63, 3.8) is 0 Å². The molecule has 5 rings (SSSR count). The summed E-state index contributed by atoms with van der Waals surface area (Å²) in [5.41, 5.74) is 3.12. The minimum atomic E-state index is -0.901. The van der Waals surface area contributed by atoms with Crippen LogP contribution in [0.5, 0.6) is 5.75 Å². The van der Waals surface area contributed by atoms with Crippen LogP contribution in [0.2, 0.25) is 0 Å². The van der Waals surface area contributed by atoms with Crippen molar-refractivity contribution in [2.75, 3.05) is 12.0 Å². The third kappa shape index (κ3) is 3.32. The number of benzene rings is 2. The highest BCUT2D eigenvalue weighted by atomic mass is 16.5. The number of Topliss-reactive ketones (excluding diaryl/α,β-unsaturated/α-hetero) is 1. The fourth-order valence-electron chi connectivity index (χ4n) is 4.14. The first kappa shape index (κ1) is 20.4. The number of pyridine rings is 1. The largest absolute Gasteiger partial charge is 0.507 e. The van der Waals surface area contributed by atoms with Gasteiger partial charge in [-0.2, -0.15) is 0 Å². The Morgan fingerprint density at radius 3 is 2.64 bits per heavy atom. The normalized spacial score (nSPS) is 17.6. The fourth-order valence-corrected chi connectivity index (χ4v) is 4.14. The Labute approximate surface area is 189 Å². The van der Waals surface area contributed by atoms with Crippen LogP contribution in [-0.4, -0.2) is 38.9 Å². The predicted octanol–water partition coefficient (Wildman–Crippen LogP) is 3.90. The van der Waals surface area contributed by atoms with E-state index in [2.05, 4.69) is 15.0 Å². The standard InChI is InChI=1S/C25H20N4O4/c1-14-12-15(9-10-19(14)33-2)22(30)20-21(16-6-5-11-26-13-16)29(24(32)23(20)31)25-27-17-7-3-4-8-18(17)28-25/h3-13,21,30H,1-2H3,(H,27,28)/b22-20+. The Hall–Kier alpha value is -4.46. The molecule has 8 heteroatoms. The van der Waals surface area contributed by atoms with E-state index in [1.54, 1.807) is 49.8 Å². The van der Waals surface area contributed by atoms with Crippen molar-refractivity contribution >= 4 is 34.4 Å². The first-order valence-electron chi connectivity index (χ1n) is 10.3. The van der Waals surface area contributed by atoms with Gasteiger partial charge in [-0.3, -0.25) is 19.5 Å². The zero-order chi connectivity index (χ0) is 23.1. The van der Waals surface area contributed by atoms with E-state index in [0.29, 0.717) is 22.4 Å². The summed E-state index contributed by atoms with van der Waals surface area (Å²) in [7, 11) is 1.56. The number of imidazole rings is 1. The van der Waals surface area contributed by atoms with Gasteiger partial charge in [0, 0.05) is 18.0 Å². The summed E-state index contributed by atoms with van der Waals surface area (Å²) >= 11 is 0. The lowest BCUT2D eigenvalue weighted by atomic mass is 9.96. The highest BCUT2D eigenvalue weighted by Crippen LogP contribution is 2.41. The van der Waals surface area contributed by atoms with Gasteiger partial charge < -0.3 is 14.8 Å². The first-order valence-corrected chi connectivity index (χ1v) is 10.3. The number of ketones is 1. The molecule has 1 amide bonds. The molecule has 8 nitrogen and oxygen atoms in total. The second kappa shape index (κ2) is 7.90. The van der Waals surface area contributed by atoms with E-state index in [0.717, 1.165) is 11.1 Å². The highest BCUT2D eigenvalue weighted by molar-refractivity contribution is 6.51. The Balaban J connectivity index is 1.72. The minimum absolute atomic E-state index is 0.0296. The van der Waals surface area contributed by atoms with E-state index in [1.807, 2.05) is 31.2 Å². The number of ether oxygens (including phenoxy) is 1. The maximum atomic E-state index is 13.2. The van der Waals surface area contributed by atoms with Crippen LogP contribution in [0.3, 0.4) is 0 Å². The van der Waals surface area contributed by atoms with Crippen LogP contribution in [0.15, 0.2) is 72.6 Å². The number of aliphatic hydroxyl groups is 1. The quantitative estimate of drug-likeness (QED) is 0.283. The van der Waals surface area contributed by atoms with Crippen molar-refractivity contribution in [1.29, 1.82) is 0 Å². The number of anilines is 1. The third-order valence-corrected chi connectivity index (χ3v) is 5.72. The summed E-state index contributed by atoms with van der Waals surface area (Å²) in [6, 6.07) is 15.0. The molecule has 0 bridgehead atoms. The summed E-state index contributed by atoms with van der Waals surface area (Å²) < 4.78 is 5.29. The van der Waals surface area contributed by atoms with E-state index in [-0.39, 0.29) is 17.3 Å². The molecule has 0 saturated carbocycles. The summed E-state index contributed by atoms with van der Waals surface area (Å²) in [6.45, 7) is 1.83. The number of aromatic amines is 1. The Morgan fingerprint density at radius 2 is 1.94 bits per heavy atom. The Bertz CT molecular complexity index is 1390. The van der Waals surface area contributed by atoms with E-state index in [4.69, 9.17) is 4.74 Å². The number of methoxy groups -OCH3 is 1. The van der Waals surface area contributed by atoms with Crippen LogP contribution < -0.4 is 9.64 Å². The van der Waals surface area contributed by atoms with Crippen LogP contribution in [0.25, 0.3) is 16.8 Å². The lowest BCUT2D eigenvalue weighted by molar-refractivity contribution is -0.132. The Kier molecular flexibility index (Phi) is 4.90. The summed E-state index contributed by atoms with van der Waals surface area (Å²) in [5.74, 6) is -0.980. The van der Waals surface area contributed by atoms with Crippen LogP contribution in [0.4, 0.5) is 5.95 Å². The topological polar surface area (TPSA) is 108 Å². The average Bonchev–Trinajstić information content (AvgIpc) is 3.37. The van der Waals surface area contributed by atoms with E-state index < -0.39 is 17.7 Å². The van der Waals surface area contributed by atoms with E-state index in [1.165, 1.54) is 4.90 Å². The number of nitrogens with one attached hydrogen (secondary N) is 1. The van der Waals surface area contributed by atoms with Gasteiger partial charge in [-0.1, -0.05) is 18.2 Å². The molecule has 1 fully saturated rings. The van der Waals surface area contributed by atoms with Gasteiger partial charge in [0.2, 0.25) is 5.95 Å². The molecule has 0 spiro atoms. The number of hydrogen-bond acceptors (Lipinski definition) is 6. The average molecular weight is 440 g/mol. The smallest absolute Gasteiger partial charge is 0.302 e. The SMILES string of the molecule is COc1ccc(/C(O)=C2\C(=O)C(=O)N(c3nc4ccccc4[nH]3)C2c2cccnc2)cc1C. The molecule has 0 aliphatic carbocycles. The number of fused-ring (bicyclic) bond motifs is 1. The molecule has 1 aliphatic rings. The first-order chi connectivity index (χ1) is 16.0. The van der Waals surface area contributed by atoms with Crippen molar-refractivity contribution < 1.29 is 19.4 Å². The van der Waals surface area contributed by atoms with Crippen LogP contribution in [-0.2, 0) is 9.59 Å². The number of rotatable bonds is 4. The van der Waals surface area contributed by atoms with Gasteiger partial charge in [0.25, 0.3) is 5.78 Å². The zero-order valence-electron chi connectivity index (χ0n) is 17.9. The van der Waals surface area contributed by atoms with Crippen molar-refractivity contribution in [1.82, 2.24) is 15.0 Å². The molecule has 1 atom stereocenters. The maximum Gasteiger partial charge on any atom is 0.302 e. The molecular formula is C25H20N4O4. The molecule has 1 unspecified atom stereocenters. The zero-order valence-corrected chi connectivity index (χ0v) is 17.9. The Morgan fingerprint density at radius 1 is 1.12 bits per heavy atom. The summed E-state index contributed by atoms with van der Waals surface area (Å²) in [4.78, 5) is 39.5.